The summed E-state index contributed by atoms with van der Waals surface area (Å²) in [5.74, 6) is -3.40. The van der Waals surface area contributed by atoms with Crippen molar-refractivity contribution in [2.45, 2.75) is 128 Å². The molecule has 5 amide bonds. The Morgan fingerprint density at radius 1 is 0.981 bits per heavy atom. The van der Waals surface area contributed by atoms with Crippen molar-refractivity contribution in [3.63, 3.8) is 0 Å². The molecular weight excluding hydrogens is 714 g/mol. The predicted molar refractivity (Wildman–Crippen MR) is 200 cm³/mol. The van der Waals surface area contributed by atoms with E-state index in [0.717, 1.165) is 44.9 Å². The Morgan fingerprint density at radius 2 is 1.72 bits per heavy atom. The number of hydrogen-bond acceptors (Lipinski definition) is 9. The smallest absolute Gasteiger partial charge is 0.289 e. The summed E-state index contributed by atoms with van der Waals surface area (Å²) in [5, 5.41) is 11.7. The molecule has 292 valence electrons. The Balaban J connectivity index is 1.40. The van der Waals surface area contributed by atoms with Gasteiger partial charge in [-0.3, -0.25) is 33.8 Å². The molecule has 1 aromatic heterocycles. The molecule has 5 rings (SSSR count). The Kier molecular flexibility index (Phi) is 13.6. The van der Waals surface area contributed by atoms with Crippen LogP contribution in [0.4, 0.5) is 0 Å². The minimum absolute atomic E-state index is 0.00406. The zero-order chi connectivity index (χ0) is 39.0. The number of nitrogens with zero attached hydrogens (tertiary/aromatic N) is 3. The highest BCUT2D eigenvalue weighted by Crippen LogP contribution is 2.31. The number of amides is 5. The standard InChI is InChI=1S/C39H52ClN7O7/c1-5-10-28(32(48)37(52)43-25-15-16-25)44-35(50)30-20-27(54-26-14-9-13-24(40)19-26)22-47(30)38(53)33(39(2,3)4)46-36(51)31(23-11-7-6-8-12-23)45-34(49)29-21-41-17-18-42-29/h9,13-14,17-19,21,23,25,27-28,30-31,33H,5-8,10-12,15-16,20,22H2,1-4H3,(H,43,52)(H,44,50)(H,45,49)(H,46,51)/t27-,28+,30+,31+,33-/m1/s1. The van der Waals surface area contributed by atoms with Gasteiger partial charge in [0, 0.05) is 29.9 Å². The maximum absolute atomic E-state index is 14.7. The molecule has 15 heteroatoms. The van der Waals surface area contributed by atoms with E-state index in [2.05, 4.69) is 31.2 Å². The number of ether oxygens (including phenoxy) is 1. The Morgan fingerprint density at radius 3 is 2.35 bits per heavy atom. The number of benzene rings is 1. The van der Waals surface area contributed by atoms with Crippen molar-refractivity contribution < 1.29 is 33.5 Å². The maximum atomic E-state index is 14.7. The number of hydrogen-bond donors (Lipinski definition) is 4. The Labute approximate surface area is 321 Å². The fourth-order valence-corrected chi connectivity index (χ4v) is 7.30. The van der Waals surface area contributed by atoms with Crippen molar-refractivity contribution >= 4 is 46.9 Å². The van der Waals surface area contributed by atoms with Gasteiger partial charge in [0.2, 0.25) is 23.5 Å². The number of halogens is 1. The summed E-state index contributed by atoms with van der Waals surface area (Å²) in [6.07, 6.45) is 10.2. The molecule has 0 bridgehead atoms. The fourth-order valence-electron chi connectivity index (χ4n) is 7.12. The highest BCUT2D eigenvalue weighted by molar-refractivity contribution is 6.38. The highest BCUT2D eigenvalue weighted by atomic mass is 35.5. The van der Waals surface area contributed by atoms with Crippen LogP contribution in [-0.2, 0) is 24.0 Å². The quantitative estimate of drug-likeness (QED) is 0.197. The number of carbonyl (C=O) groups excluding carboxylic acids is 6. The third-order valence-corrected chi connectivity index (χ3v) is 10.4. The monoisotopic (exact) mass is 765 g/mol. The van der Waals surface area contributed by atoms with Crippen molar-refractivity contribution in [1.82, 2.24) is 36.1 Å². The zero-order valence-corrected chi connectivity index (χ0v) is 32.2. The molecule has 14 nitrogen and oxygen atoms in total. The first-order valence-electron chi connectivity index (χ1n) is 19.0. The number of nitrogens with one attached hydrogen (secondary N) is 4. The van der Waals surface area contributed by atoms with Crippen molar-refractivity contribution in [3.8, 4) is 5.75 Å². The van der Waals surface area contributed by atoms with E-state index >= 15 is 0 Å². The lowest BCUT2D eigenvalue weighted by Gasteiger charge is -2.37. The van der Waals surface area contributed by atoms with Gasteiger partial charge in [-0.2, -0.15) is 0 Å². The molecule has 2 saturated carbocycles. The molecule has 2 aliphatic carbocycles. The van der Waals surface area contributed by atoms with E-state index < -0.39 is 71.0 Å². The maximum Gasteiger partial charge on any atom is 0.289 e. The molecule has 1 aromatic carbocycles. The summed E-state index contributed by atoms with van der Waals surface area (Å²) in [7, 11) is 0. The Bertz CT molecular complexity index is 1680. The molecule has 1 saturated heterocycles. The van der Waals surface area contributed by atoms with Gasteiger partial charge >= 0.3 is 0 Å². The molecule has 2 aromatic rings. The van der Waals surface area contributed by atoms with Crippen LogP contribution in [0.15, 0.2) is 42.9 Å². The van der Waals surface area contributed by atoms with Crippen LogP contribution in [0.3, 0.4) is 0 Å². The van der Waals surface area contributed by atoms with Crippen molar-refractivity contribution in [1.29, 1.82) is 0 Å². The second-order valence-corrected chi connectivity index (χ2v) is 16.1. The van der Waals surface area contributed by atoms with Crippen LogP contribution >= 0.6 is 11.6 Å². The van der Waals surface area contributed by atoms with Gasteiger partial charge in [-0.15, -0.1) is 0 Å². The van der Waals surface area contributed by atoms with Gasteiger partial charge in [0.1, 0.15) is 35.7 Å². The normalized spacial score (nSPS) is 20.6. The summed E-state index contributed by atoms with van der Waals surface area (Å²) in [6, 6.07) is 2.50. The van der Waals surface area contributed by atoms with Crippen molar-refractivity contribution in [3.05, 3.63) is 53.6 Å². The summed E-state index contributed by atoms with van der Waals surface area (Å²) in [6.45, 7) is 7.27. The lowest BCUT2D eigenvalue weighted by molar-refractivity contribution is -0.145. The van der Waals surface area contributed by atoms with E-state index in [-0.39, 0.29) is 37.0 Å². The summed E-state index contributed by atoms with van der Waals surface area (Å²) < 4.78 is 6.22. The molecule has 3 aliphatic rings. The van der Waals surface area contributed by atoms with Gasteiger partial charge < -0.3 is 30.9 Å². The lowest BCUT2D eigenvalue weighted by Crippen LogP contribution is -2.62. The zero-order valence-electron chi connectivity index (χ0n) is 31.4. The molecule has 0 unspecified atom stereocenters. The van der Waals surface area contributed by atoms with Crippen LogP contribution in [0.25, 0.3) is 0 Å². The first-order valence-corrected chi connectivity index (χ1v) is 19.4. The lowest BCUT2D eigenvalue weighted by atomic mass is 9.82. The third-order valence-electron chi connectivity index (χ3n) is 10.2. The minimum atomic E-state index is -1.12. The molecule has 1 aliphatic heterocycles. The summed E-state index contributed by atoms with van der Waals surface area (Å²) >= 11 is 6.21. The van der Waals surface area contributed by atoms with E-state index in [1.54, 1.807) is 24.3 Å². The van der Waals surface area contributed by atoms with Crippen molar-refractivity contribution in [2.24, 2.45) is 11.3 Å². The van der Waals surface area contributed by atoms with Gasteiger partial charge in [0.15, 0.2) is 0 Å². The number of carbonyl (C=O) groups is 6. The summed E-state index contributed by atoms with van der Waals surface area (Å²) in [5.41, 5.74) is -0.774. The van der Waals surface area contributed by atoms with E-state index in [1.165, 1.54) is 23.5 Å². The average molecular weight is 766 g/mol. The second-order valence-electron chi connectivity index (χ2n) is 15.6. The van der Waals surface area contributed by atoms with Crippen LogP contribution in [0.5, 0.6) is 5.75 Å². The van der Waals surface area contributed by atoms with Crippen LogP contribution < -0.4 is 26.0 Å². The van der Waals surface area contributed by atoms with Crippen molar-refractivity contribution in [2.75, 3.05) is 6.54 Å². The molecule has 5 atom stereocenters. The predicted octanol–water partition coefficient (Wildman–Crippen LogP) is 3.52. The number of rotatable bonds is 15. The molecule has 4 N–H and O–H groups in total. The molecular formula is C39H52ClN7O7. The van der Waals surface area contributed by atoms with Crippen LogP contribution in [0, 0.1) is 11.3 Å². The molecule has 0 spiro atoms. The number of Topliss-reactive ketones (excluding diaryl/α,β-unsaturated/α-hetero) is 1. The first kappa shape index (κ1) is 40.6. The first-order chi connectivity index (χ1) is 25.7. The molecule has 3 fully saturated rings. The largest absolute Gasteiger partial charge is 0.488 e. The highest BCUT2D eigenvalue weighted by Gasteiger charge is 2.47. The van der Waals surface area contributed by atoms with Crippen LogP contribution in [0.1, 0.15) is 102 Å². The number of aromatic nitrogens is 2. The van der Waals surface area contributed by atoms with Crippen LogP contribution in [-0.4, -0.2) is 93.0 Å². The third kappa shape index (κ3) is 10.8. The molecule has 54 heavy (non-hydrogen) atoms. The number of ketones is 1. The molecule has 2 heterocycles. The average Bonchev–Trinajstić information content (AvgIpc) is 3.87. The van der Waals surface area contributed by atoms with Gasteiger partial charge in [-0.1, -0.05) is 71.0 Å². The molecule has 0 radical (unpaired) electrons. The van der Waals surface area contributed by atoms with E-state index in [1.807, 2.05) is 27.7 Å². The van der Waals surface area contributed by atoms with E-state index in [9.17, 15) is 28.8 Å². The van der Waals surface area contributed by atoms with E-state index in [0.29, 0.717) is 17.2 Å². The van der Waals surface area contributed by atoms with Gasteiger partial charge in [-0.05, 0) is 61.6 Å². The number of likely N-dealkylation sites (tertiary alicyclic amines) is 1. The fraction of sp³-hybridized carbons (Fsp3) is 0.590. The van der Waals surface area contributed by atoms with Crippen LogP contribution in [0.2, 0.25) is 5.02 Å². The van der Waals surface area contributed by atoms with Gasteiger partial charge in [0.25, 0.3) is 11.8 Å². The SMILES string of the molecule is CCC[C@H](NC(=O)[C@@H]1C[C@@H](Oc2cccc(Cl)c2)CN1C(=O)[C@@H](NC(=O)[C@@H](NC(=O)c1cnccn1)C1CCCCC1)C(C)(C)C)C(=O)C(=O)NC1CC1. The minimum Gasteiger partial charge on any atom is -0.488 e. The Hall–Kier alpha value is -4.59. The second kappa shape index (κ2) is 18.2. The van der Waals surface area contributed by atoms with E-state index in [4.69, 9.17) is 16.3 Å². The summed E-state index contributed by atoms with van der Waals surface area (Å²) in [4.78, 5) is 91.7. The topological polar surface area (TPSA) is 189 Å². The van der Waals surface area contributed by atoms with Gasteiger partial charge in [-0.25, -0.2) is 4.98 Å². The van der Waals surface area contributed by atoms with Gasteiger partial charge in [0.05, 0.1) is 18.8 Å².